The number of hydrogen-bond acceptors (Lipinski definition) is 4. The van der Waals surface area contributed by atoms with E-state index in [2.05, 4.69) is 5.32 Å². The second-order valence-electron chi connectivity index (χ2n) is 6.73. The van der Waals surface area contributed by atoms with Crippen molar-refractivity contribution < 1.29 is 19.1 Å². The minimum Gasteiger partial charge on any atom is -0.460 e. The summed E-state index contributed by atoms with van der Waals surface area (Å²) in [5.41, 5.74) is 2.24. The number of allylic oxidation sites excluding steroid dienone is 1. The fourth-order valence-corrected chi connectivity index (χ4v) is 3.69. The predicted octanol–water partition coefficient (Wildman–Crippen LogP) is 4.72. The molecule has 2 aromatic carbocycles. The maximum absolute atomic E-state index is 13.0. The van der Waals surface area contributed by atoms with Gasteiger partial charge in [0.2, 0.25) is 0 Å². The van der Waals surface area contributed by atoms with Crippen LogP contribution in [0.5, 0.6) is 0 Å². The van der Waals surface area contributed by atoms with Crippen molar-refractivity contribution in [2.24, 2.45) is 0 Å². The molecule has 2 aromatic rings. The van der Waals surface area contributed by atoms with Gasteiger partial charge in [-0.25, -0.2) is 9.59 Å². The van der Waals surface area contributed by atoms with E-state index >= 15 is 0 Å². The lowest BCUT2D eigenvalue weighted by molar-refractivity contribution is -0.140. The van der Waals surface area contributed by atoms with Crippen molar-refractivity contribution in [3.05, 3.63) is 81.0 Å². The van der Waals surface area contributed by atoms with Gasteiger partial charge >= 0.3 is 12.0 Å². The molecular formula is C22H22Cl2N2O4. The van der Waals surface area contributed by atoms with Crippen molar-refractivity contribution in [2.45, 2.75) is 19.5 Å². The highest BCUT2D eigenvalue weighted by molar-refractivity contribution is 6.42. The van der Waals surface area contributed by atoms with Gasteiger partial charge in [0.15, 0.2) is 0 Å². The fourth-order valence-electron chi connectivity index (χ4n) is 3.27. The number of carbonyl (C=O) groups is 2. The van der Waals surface area contributed by atoms with E-state index in [1.807, 2.05) is 30.3 Å². The van der Waals surface area contributed by atoms with Crippen LogP contribution in [0.2, 0.25) is 10.0 Å². The topological polar surface area (TPSA) is 67.9 Å². The number of nitrogens with one attached hydrogen (secondary N) is 1. The van der Waals surface area contributed by atoms with E-state index in [0.29, 0.717) is 28.4 Å². The van der Waals surface area contributed by atoms with Gasteiger partial charge in [-0.15, -0.1) is 0 Å². The Kier molecular flexibility index (Phi) is 7.37. The quantitative estimate of drug-likeness (QED) is 0.491. The van der Waals surface area contributed by atoms with Gasteiger partial charge < -0.3 is 14.8 Å². The van der Waals surface area contributed by atoms with Crippen molar-refractivity contribution >= 4 is 35.2 Å². The van der Waals surface area contributed by atoms with Gasteiger partial charge in [0.1, 0.15) is 6.61 Å². The minimum atomic E-state index is -0.786. The normalized spacial score (nSPS) is 16.5. The number of benzene rings is 2. The molecule has 1 N–H and O–H groups in total. The first-order valence-corrected chi connectivity index (χ1v) is 10.1. The van der Waals surface area contributed by atoms with Crippen molar-refractivity contribution in [1.29, 1.82) is 0 Å². The summed E-state index contributed by atoms with van der Waals surface area (Å²) in [6, 6.07) is 13.5. The number of nitrogens with zero attached hydrogens (tertiary/aromatic N) is 1. The fraction of sp³-hybridized carbons (Fsp3) is 0.273. The van der Waals surface area contributed by atoms with Gasteiger partial charge in [0.25, 0.3) is 0 Å². The lowest BCUT2D eigenvalue weighted by atomic mass is 9.94. The number of amides is 2. The zero-order valence-electron chi connectivity index (χ0n) is 16.7. The zero-order valence-corrected chi connectivity index (χ0v) is 18.2. The van der Waals surface area contributed by atoms with Crippen LogP contribution in [0.25, 0.3) is 0 Å². The van der Waals surface area contributed by atoms with Crippen LogP contribution in [-0.4, -0.2) is 37.2 Å². The molecule has 0 saturated carbocycles. The summed E-state index contributed by atoms with van der Waals surface area (Å²) in [7, 11) is 1.52. The molecule has 2 amide bonds. The van der Waals surface area contributed by atoms with Gasteiger partial charge in [-0.05, 0) is 24.1 Å². The Labute approximate surface area is 185 Å². The molecule has 0 spiro atoms. The lowest BCUT2D eigenvalue weighted by Crippen LogP contribution is -2.47. The Morgan fingerprint density at radius 1 is 1.10 bits per heavy atom. The van der Waals surface area contributed by atoms with Gasteiger partial charge in [0, 0.05) is 12.8 Å². The van der Waals surface area contributed by atoms with E-state index in [1.165, 1.54) is 12.0 Å². The predicted molar refractivity (Wildman–Crippen MR) is 115 cm³/mol. The Hall–Kier alpha value is -2.54. The SMILES string of the molecule is COCCOC(=O)C1=C(C)N(Cc2ccccc2)C(=O)N[C@@H]1c1cccc(Cl)c1Cl. The molecule has 0 aliphatic carbocycles. The van der Waals surface area contributed by atoms with E-state index in [-0.39, 0.29) is 24.3 Å². The summed E-state index contributed by atoms with van der Waals surface area (Å²) in [5.74, 6) is -0.552. The number of rotatable bonds is 7. The molecule has 30 heavy (non-hydrogen) atoms. The number of hydrogen-bond donors (Lipinski definition) is 1. The van der Waals surface area contributed by atoms with Crippen LogP contribution < -0.4 is 5.32 Å². The van der Waals surface area contributed by atoms with Crippen molar-refractivity contribution in [2.75, 3.05) is 20.3 Å². The molecule has 0 fully saturated rings. The number of carbonyl (C=O) groups excluding carboxylic acids is 2. The second kappa shape index (κ2) is 9.98. The zero-order chi connectivity index (χ0) is 21.7. The number of halogens is 2. The molecule has 1 heterocycles. The van der Waals surface area contributed by atoms with E-state index < -0.39 is 12.0 Å². The summed E-state index contributed by atoms with van der Waals surface area (Å²) in [6.07, 6.45) is 0. The minimum absolute atomic E-state index is 0.0920. The van der Waals surface area contributed by atoms with E-state index in [1.54, 1.807) is 25.1 Å². The largest absolute Gasteiger partial charge is 0.460 e. The lowest BCUT2D eigenvalue weighted by Gasteiger charge is -2.35. The molecule has 1 aliphatic rings. The molecule has 0 unspecified atom stereocenters. The molecule has 0 radical (unpaired) electrons. The van der Waals surface area contributed by atoms with Crippen molar-refractivity contribution in [3.8, 4) is 0 Å². The molecule has 3 rings (SSSR count). The molecular weight excluding hydrogens is 427 g/mol. The molecule has 0 saturated heterocycles. The van der Waals surface area contributed by atoms with Gasteiger partial charge in [0.05, 0.1) is 34.8 Å². The molecule has 158 valence electrons. The summed E-state index contributed by atoms with van der Waals surface area (Å²) >= 11 is 12.6. The first-order valence-electron chi connectivity index (χ1n) is 9.36. The number of urea groups is 1. The molecule has 1 atom stereocenters. The summed E-state index contributed by atoms with van der Waals surface area (Å²) in [4.78, 5) is 27.4. The van der Waals surface area contributed by atoms with Crippen molar-refractivity contribution in [1.82, 2.24) is 10.2 Å². The maximum Gasteiger partial charge on any atom is 0.338 e. The number of methoxy groups -OCH3 is 1. The molecule has 6 nitrogen and oxygen atoms in total. The molecule has 1 aliphatic heterocycles. The highest BCUT2D eigenvalue weighted by Crippen LogP contribution is 2.37. The van der Waals surface area contributed by atoms with Crippen LogP contribution >= 0.6 is 23.2 Å². The maximum atomic E-state index is 13.0. The molecule has 8 heteroatoms. The van der Waals surface area contributed by atoms with Crippen LogP contribution in [0.15, 0.2) is 59.8 Å². The highest BCUT2D eigenvalue weighted by atomic mass is 35.5. The third kappa shape index (κ3) is 4.78. The average molecular weight is 449 g/mol. The van der Waals surface area contributed by atoms with E-state index in [9.17, 15) is 9.59 Å². The number of esters is 1. The van der Waals surface area contributed by atoms with Crippen LogP contribution in [0, 0.1) is 0 Å². The second-order valence-corrected chi connectivity index (χ2v) is 7.51. The Balaban J connectivity index is 2.03. The third-order valence-corrected chi connectivity index (χ3v) is 5.65. The smallest absolute Gasteiger partial charge is 0.338 e. The summed E-state index contributed by atoms with van der Waals surface area (Å²) in [5, 5.41) is 3.48. The van der Waals surface area contributed by atoms with Crippen LogP contribution in [0.3, 0.4) is 0 Å². The molecule has 0 aromatic heterocycles. The molecule has 0 bridgehead atoms. The van der Waals surface area contributed by atoms with E-state index in [0.717, 1.165) is 5.56 Å². The van der Waals surface area contributed by atoms with Crippen LogP contribution in [0.1, 0.15) is 24.1 Å². The van der Waals surface area contributed by atoms with Crippen molar-refractivity contribution in [3.63, 3.8) is 0 Å². The van der Waals surface area contributed by atoms with E-state index in [4.69, 9.17) is 32.7 Å². The highest BCUT2D eigenvalue weighted by Gasteiger charge is 2.37. The summed E-state index contributed by atoms with van der Waals surface area (Å²) in [6.45, 7) is 2.39. The van der Waals surface area contributed by atoms with Gasteiger partial charge in [-0.3, -0.25) is 4.90 Å². The van der Waals surface area contributed by atoms with Gasteiger partial charge in [-0.2, -0.15) is 0 Å². The average Bonchev–Trinajstić information content (AvgIpc) is 2.73. The standard InChI is InChI=1S/C22H22Cl2N2O4/c1-14-18(21(27)30-12-11-29-2)20(16-9-6-10-17(23)19(16)24)25-22(28)26(14)13-15-7-4-3-5-8-15/h3-10,20H,11-13H2,1-2H3,(H,25,28)/t20-/m1/s1. The first-order chi connectivity index (χ1) is 14.4. The Morgan fingerprint density at radius 3 is 2.53 bits per heavy atom. The van der Waals surface area contributed by atoms with Gasteiger partial charge in [-0.1, -0.05) is 65.7 Å². The Morgan fingerprint density at radius 2 is 1.83 bits per heavy atom. The first kappa shape index (κ1) is 22.2. The van der Waals surface area contributed by atoms with Crippen LogP contribution in [0.4, 0.5) is 4.79 Å². The number of ether oxygens (including phenoxy) is 2. The monoisotopic (exact) mass is 448 g/mol. The van der Waals surface area contributed by atoms with Crippen LogP contribution in [-0.2, 0) is 20.8 Å². The Bertz CT molecular complexity index is 963. The third-order valence-electron chi connectivity index (χ3n) is 4.81. The summed E-state index contributed by atoms with van der Waals surface area (Å²) < 4.78 is 10.3.